The van der Waals surface area contributed by atoms with E-state index < -0.39 is 20.7 Å². The number of carbonyl (C=O) groups is 1. The molecule has 1 N–H and O–H groups in total. The van der Waals surface area contributed by atoms with Crippen LogP contribution in [0.4, 0.5) is 4.39 Å². The number of hydrogen-bond donors (Lipinski definition) is 1. The summed E-state index contributed by atoms with van der Waals surface area (Å²) >= 11 is 0. The summed E-state index contributed by atoms with van der Waals surface area (Å²) in [4.78, 5) is 14.5. The fourth-order valence-corrected chi connectivity index (χ4v) is 5.66. The minimum atomic E-state index is -3.92. The van der Waals surface area contributed by atoms with E-state index in [0.29, 0.717) is 19.6 Å². The number of likely N-dealkylation sites (tertiary alicyclic amines) is 1. The number of hydrogen-bond acceptors (Lipinski definition) is 4. The Morgan fingerprint density at radius 1 is 0.966 bits per heavy atom. The lowest BCUT2D eigenvalue weighted by Gasteiger charge is -2.26. The summed E-state index contributed by atoms with van der Waals surface area (Å²) in [7, 11) is -3.92. The Bertz CT molecular complexity index is 786. The second-order valence-electron chi connectivity index (χ2n) is 7.98. The van der Waals surface area contributed by atoms with Gasteiger partial charge in [0.1, 0.15) is 10.7 Å². The van der Waals surface area contributed by atoms with Gasteiger partial charge in [-0.25, -0.2) is 12.8 Å². The van der Waals surface area contributed by atoms with E-state index in [4.69, 9.17) is 0 Å². The van der Waals surface area contributed by atoms with Gasteiger partial charge >= 0.3 is 0 Å². The topological polar surface area (TPSA) is 69.7 Å². The van der Waals surface area contributed by atoms with E-state index in [2.05, 4.69) is 10.2 Å². The average Bonchev–Trinajstić information content (AvgIpc) is 3.01. The Balaban J connectivity index is 1.57. The molecule has 0 bridgehead atoms. The van der Waals surface area contributed by atoms with Gasteiger partial charge in [0, 0.05) is 25.2 Å². The lowest BCUT2D eigenvalue weighted by Crippen LogP contribution is -2.36. The molecule has 1 amide bonds. The molecule has 2 heterocycles. The zero-order chi connectivity index (χ0) is 20.7. The van der Waals surface area contributed by atoms with Crippen LogP contribution in [-0.2, 0) is 10.0 Å². The Labute approximate surface area is 173 Å². The summed E-state index contributed by atoms with van der Waals surface area (Å²) in [6.45, 7) is 4.48. The van der Waals surface area contributed by atoms with E-state index >= 15 is 0 Å². The molecule has 1 aromatic carbocycles. The number of amides is 1. The van der Waals surface area contributed by atoms with Crippen molar-refractivity contribution in [3.05, 3.63) is 29.6 Å². The molecule has 2 aliphatic rings. The normalized spacial score (nSPS) is 19.6. The van der Waals surface area contributed by atoms with E-state index in [9.17, 15) is 17.6 Å². The van der Waals surface area contributed by atoms with Crippen LogP contribution in [0, 0.1) is 5.82 Å². The minimum Gasteiger partial charge on any atom is -0.352 e. The van der Waals surface area contributed by atoms with Crippen LogP contribution < -0.4 is 5.32 Å². The van der Waals surface area contributed by atoms with Crippen molar-refractivity contribution in [1.29, 1.82) is 0 Å². The van der Waals surface area contributed by atoms with Crippen molar-refractivity contribution in [2.45, 2.75) is 56.3 Å². The Kier molecular flexibility index (Phi) is 8.03. The van der Waals surface area contributed by atoms with Gasteiger partial charge < -0.3 is 10.2 Å². The summed E-state index contributed by atoms with van der Waals surface area (Å²) in [5.41, 5.74) is 0.178. The van der Waals surface area contributed by atoms with Crippen molar-refractivity contribution in [2.75, 3.05) is 39.3 Å². The zero-order valence-corrected chi connectivity index (χ0v) is 17.9. The first kappa shape index (κ1) is 22.2. The smallest absolute Gasteiger partial charge is 0.251 e. The van der Waals surface area contributed by atoms with Gasteiger partial charge in [-0.2, -0.15) is 4.31 Å². The molecule has 0 radical (unpaired) electrons. The molecule has 0 atom stereocenters. The van der Waals surface area contributed by atoms with Gasteiger partial charge in [-0.3, -0.25) is 4.79 Å². The van der Waals surface area contributed by atoms with Crippen LogP contribution >= 0.6 is 0 Å². The number of benzene rings is 1. The van der Waals surface area contributed by atoms with E-state index in [0.717, 1.165) is 51.4 Å². The fraction of sp³-hybridized carbons (Fsp3) is 0.667. The van der Waals surface area contributed by atoms with Crippen LogP contribution in [-0.4, -0.2) is 62.8 Å². The first-order chi connectivity index (χ1) is 14.0. The van der Waals surface area contributed by atoms with Gasteiger partial charge in [-0.05, 0) is 69.9 Å². The molecule has 2 fully saturated rings. The van der Waals surface area contributed by atoms with Crippen LogP contribution in [0.3, 0.4) is 0 Å². The highest BCUT2D eigenvalue weighted by molar-refractivity contribution is 7.89. The maximum Gasteiger partial charge on any atom is 0.251 e. The molecular formula is C21H32FN3O3S. The molecule has 8 heteroatoms. The third kappa shape index (κ3) is 5.99. The molecule has 0 saturated carbocycles. The fourth-order valence-electron chi connectivity index (χ4n) is 4.05. The molecule has 6 nitrogen and oxygen atoms in total. The number of carbonyl (C=O) groups excluding carboxylic acids is 1. The van der Waals surface area contributed by atoms with Crippen LogP contribution in [0.1, 0.15) is 61.7 Å². The first-order valence-corrected chi connectivity index (χ1v) is 12.2. The second-order valence-corrected chi connectivity index (χ2v) is 9.88. The SMILES string of the molecule is O=C(NCCCN1CCCCCC1)c1ccc(F)c(S(=O)(=O)N2CCCCC2)c1. The quantitative estimate of drug-likeness (QED) is 0.682. The third-order valence-corrected chi connectivity index (χ3v) is 7.68. The highest BCUT2D eigenvalue weighted by Gasteiger charge is 2.29. The van der Waals surface area contributed by atoms with Crippen molar-refractivity contribution in [3.8, 4) is 0 Å². The molecule has 0 spiro atoms. The highest BCUT2D eigenvalue weighted by Crippen LogP contribution is 2.24. The van der Waals surface area contributed by atoms with Crippen LogP contribution in [0.5, 0.6) is 0 Å². The van der Waals surface area contributed by atoms with E-state index in [1.54, 1.807) is 0 Å². The van der Waals surface area contributed by atoms with Gasteiger partial charge in [-0.15, -0.1) is 0 Å². The molecule has 0 aliphatic carbocycles. The standard InChI is InChI=1S/C21H32FN3O3S/c22-19-10-9-18(17-20(19)29(27,28)25-15-6-3-7-16-25)21(26)23-11-8-14-24-12-4-1-2-5-13-24/h9-10,17H,1-8,11-16H2,(H,23,26). The number of halogens is 1. The lowest BCUT2D eigenvalue weighted by molar-refractivity contribution is 0.0951. The molecule has 2 saturated heterocycles. The Morgan fingerprint density at radius 3 is 2.28 bits per heavy atom. The first-order valence-electron chi connectivity index (χ1n) is 10.8. The molecule has 0 aromatic heterocycles. The maximum atomic E-state index is 14.3. The van der Waals surface area contributed by atoms with Gasteiger partial charge in [-0.1, -0.05) is 19.3 Å². The Hall–Kier alpha value is -1.51. The maximum absolute atomic E-state index is 14.3. The largest absolute Gasteiger partial charge is 0.352 e. The third-order valence-electron chi connectivity index (χ3n) is 5.76. The average molecular weight is 426 g/mol. The number of sulfonamides is 1. The van der Waals surface area contributed by atoms with Crippen LogP contribution in [0.2, 0.25) is 0 Å². The number of rotatable bonds is 7. The zero-order valence-electron chi connectivity index (χ0n) is 17.0. The summed E-state index contributed by atoms with van der Waals surface area (Å²) in [5.74, 6) is -1.18. The van der Waals surface area contributed by atoms with Crippen molar-refractivity contribution >= 4 is 15.9 Å². The molecule has 0 unspecified atom stereocenters. The summed E-state index contributed by atoms with van der Waals surface area (Å²) in [5, 5.41) is 2.84. The molecule has 2 aliphatic heterocycles. The molecule has 162 valence electrons. The highest BCUT2D eigenvalue weighted by atomic mass is 32.2. The summed E-state index contributed by atoms with van der Waals surface area (Å²) < 4.78 is 41.2. The summed E-state index contributed by atoms with van der Waals surface area (Å²) in [6, 6.07) is 3.58. The monoisotopic (exact) mass is 425 g/mol. The van der Waals surface area contributed by atoms with Crippen LogP contribution in [0.25, 0.3) is 0 Å². The predicted molar refractivity (Wildman–Crippen MR) is 111 cm³/mol. The van der Waals surface area contributed by atoms with Crippen LogP contribution in [0.15, 0.2) is 23.1 Å². The van der Waals surface area contributed by atoms with Gasteiger partial charge in [0.15, 0.2) is 0 Å². The van der Waals surface area contributed by atoms with Crippen molar-refractivity contribution < 1.29 is 17.6 Å². The number of nitrogens with zero attached hydrogens (tertiary/aromatic N) is 2. The van der Waals surface area contributed by atoms with E-state index in [-0.39, 0.29) is 11.5 Å². The molecular weight excluding hydrogens is 393 g/mol. The number of piperidine rings is 1. The summed E-state index contributed by atoms with van der Waals surface area (Å²) in [6.07, 6.45) is 8.42. The lowest BCUT2D eigenvalue weighted by atomic mass is 10.2. The second kappa shape index (κ2) is 10.5. The molecule has 29 heavy (non-hydrogen) atoms. The van der Waals surface area contributed by atoms with Gasteiger partial charge in [0.25, 0.3) is 5.91 Å². The number of nitrogens with one attached hydrogen (secondary N) is 1. The van der Waals surface area contributed by atoms with Crippen molar-refractivity contribution in [3.63, 3.8) is 0 Å². The van der Waals surface area contributed by atoms with Gasteiger partial charge in [0.2, 0.25) is 10.0 Å². The predicted octanol–water partition coefficient (Wildman–Crippen LogP) is 3.00. The van der Waals surface area contributed by atoms with E-state index in [1.165, 1.54) is 42.1 Å². The molecule has 1 aromatic rings. The Morgan fingerprint density at radius 2 is 1.59 bits per heavy atom. The molecule has 3 rings (SSSR count). The van der Waals surface area contributed by atoms with Gasteiger partial charge in [0.05, 0.1) is 0 Å². The van der Waals surface area contributed by atoms with Crippen molar-refractivity contribution in [2.24, 2.45) is 0 Å². The van der Waals surface area contributed by atoms with Crippen molar-refractivity contribution in [1.82, 2.24) is 14.5 Å². The minimum absolute atomic E-state index is 0.178. The van der Waals surface area contributed by atoms with E-state index in [1.807, 2.05) is 0 Å².